The second-order valence-corrected chi connectivity index (χ2v) is 6.65. The molecule has 0 saturated carbocycles. The lowest BCUT2D eigenvalue weighted by Gasteiger charge is -2.25. The number of amides is 1. The molecule has 0 bridgehead atoms. The number of phenols is 1. The molecule has 0 radical (unpaired) electrons. The molecule has 1 aromatic carbocycles. The van der Waals surface area contributed by atoms with E-state index in [2.05, 4.69) is 16.3 Å². The molecule has 4 nitrogen and oxygen atoms in total. The predicted octanol–water partition coefficient (Wildman–Crippen LogP) is 2.86. The predicted molar refractivity (Wildman–Crippen MR) is 93.3 cm³/mol. The van der Waals surface area contributed by atoms with Crippen LogP contribution in [0.1, 0.15) is 16.9 Å². The van der Waals surface area contributed by atoms with Crippen molar-refractivity contribution in [3.05, 3.63) is 58.3 Å². The van der Waals surface area contributed by atoms with Gasteiger partial charge in [-0.15, -0.1) is 11.3 Å². The van der Waals surface area contributed by atoms with E-state index in [0.717, 1.165) is 25.1 Å². The third-order valence-electron chi connectivity index (χ3n) is 3.94. The first-order chi connectivity index (χ1) is 11.2. The molecule has 1 aliphatic heterocycles. The number of carbonyl (C=O) groups excluding carboxylic acids is 1. The van der Waals surface area contributed by atoms with Gasteiger partial charge in [-0.05, 0) is 41.1 Å². The highest BCUT2D eigenvalue weighted by molar-refractivity contribution is 7.09. The lowest BCUT2D eigenvalue weighted by Crippen LogP contribution is -2.38. The Kier molecular flexibility index (Phi) is 5.10. The van der Waals surface area contributed by atoms with Crippen molar-refractivity contribution in [1.82, 2.24) is 10.2 Å². The molecule has 2 aromatic rings. The van der Waals surface area contributed by atoms with E-state index in [1.54, 1.807) is 23.5 Å². The molecule has 0 saturated heterocycles. The summed E-state index contributed by atoms with van der Waals surface area (Å²) in [4.78, 5) is 15.3. The molecule has 2 N–H and O–H groups in total. The molecule has 0 aliphatic carbocycles. The van der Waals surface area contributed by atoms with Gasteiger partial charge < -0.3 is 10.4 Å². The van der Waals surface area contributed by atoms with Crippen LogP contribution in [-0.2, 0) is 11.3 Å². The van der Waals surface area contributed by atoms with Crippen LogP contribution in [0.25, 0.3) is 5.57 Å². The zero-order valence-electron chi connectivity index (χ0n) is 12.9. The van der Waals surface area contributed by atoms with Crippen molar-refractivity contribution >= 4 is 22.8 Å². The van der Waals surface area contributed by atoms with E-state index in [0.29, 0.717) is 13.1 Å². The topological polar surface area (TPSA) is 52.6 Å². The fourth-order valence-electron chi connectivity index (χ4n) is 2.65. The molecule has 1 aromatic heterocycles. The molecule has 5 heteroatoms. The van der Waals surface area contributed by atoms with Crippen LogP contribution in [0.3, 0.4) is 0 Å². The van der Waals surface area contributed by atoms with Gasteiger partial charge in [-0.2, -0.15) is 0 Å². The molecule has 0 unspecified atom stereocenters. The number of rotatable bonds is 5. The molecule has 1 aliphatic rings. The lowest BCUT2D eigenvalue weighted by atomic mass is 9.99. The third kappa shape index (κ3) is 4.43. The van der Waals surface area contributed by atoms with Gasteiger partial charge in [0, 0.05) is 18.0 Å². The van der Waals surface area contributed by atoms with Crippen LogP contribution in [0.5, 0.6) is 5.75 Å². The normalized spacial score (nSPS) is 15.2. The average molecular weight is 328 g/mol. The zero-order chi connectivity index (χ0) is 16.1. The number of nitrogens with one attached hydrogen (secondary N) is 1. The van der Waals surface area contributed by atoms with Crippen molar-refractivity contribution in [2.75, 3.05) is 19.6 Å². The number of phenolic OH excluding ortho intramolecular Hbond substituents is 1. The highest BCUT2D eigenvalue weighted by Gasteiger charge is 2.15. The van der Waals surface area contributed by atoms with E-state index in [1.807, 2.05) is 29.6 Å². The Morgan fingerprint density at radius 1 is 1.26 bits per heavy atom. The van der Waals surface area contributed by atoms with Crippen LogP contribution in [0.2, 0.25) is 0 Å². The smallest absolute Gasteiger partial charge is 0.234 e. The van der Waals surface area contributed by atoms with Gasteiger partial charge in [0.1, 0.15) is 5.75 Å². The molecule has 23 heavy (non-hydrogen) atoms. The molecule has 120 valence electrons. The highest BCUT2D eigenvalue weighted by atomic mass is 32.1. The summed E-state index contributed by atoms with van der Waals surface area (Å²) in [7, 11) is 0. The Balaban J connectivity index is 1.48. The summed E-state index contributed by atoms with van der Waals surface area (Å²) in [5, 5.41) is 14.3. The maximum Gasteiger partial charge on any atom is 0.234 e. The number of thiophene rings is 1. The first kappa shape index (κ1) is 15.8. The molecule has 0 atom stereocenters. The van der Waals surface area contributed by atoms with Crippen LogP contribution >= 0.6 is 11.3 Å². The molecule has 2 heterocycles. The van der Waals surface area contributed by atoms with Crippen LogP contribution in [0.15, 0.2) is 47.9 Å². The molecular formula is C18H20N2O2S. The fourth-order valence-corrected chi connectivity index (χ4v) is 3.29. The van der Waals surface area contributed by atoms with E-state index >= 15 is 0 Å². The van der Waals surface area contributed by atoms with E-state index in [4.69, 9.17) is 0 Å². The molecular weight excluding hydrogens is 308 g/mol. The Morgan fingerprint density at radius 2 is 2.09 bits per heavy atom. The molecule has 0 fully saturated rings. The first-order valence-electron chi connectivity index (χ1n) is 7.70. The van der Waals surface area contributed by atoms with Crippen molar-refractivity contribution < 1.29 is 9.90 Å². The zero-order valence-corrected chi connectivity index (χ0v) is 13.7. The maximum absolute atomic E-state index is 12.0. The SMILES string of the molecule is O=C(CN1CC=C(c2ccc(O)cc2)CC1)NCc1cccs1. The number of nitrogens with zero attached hydrogens (tertiary/aromatic N) is 1. The molecule has 3 rings (SSSR count). The van der Waals surface area contributed by atoms with Gasteiger partial charge in [-0.1, -0.05) is 24.3 Å². The Hall–Kier alpha value is -2.11. The molecule has 1 amide bonds. The number of carbonyl (C=O) groups is 1. The largest absolute Gasteiger partial charge is 0.508 e. The highest BCUT2D eigenvalue weighted by Crippen LogP contribution is 2.23. The van der Waals surface area contributed by atoms with Gasteiger partial charge in [0.2, 0.25) is 5.91 Å². The summed E-state index contributed by atoms with van der Waals surface area (Å²) in [6, 6.07) is 11.3. The lowest BCUT2D eigenvalue weighted by molar-refractivity contribution is -0.122. The number of aromatic hydroxyl groups is 1. The van der Waals surface area contributed by atoms with Crippen molar-refractivity contribution in [2.24, 2.45) is 0 Å². The second-order valence-electron chi connectivity index (χ2n) is 5.62. The summed E-state index contributed by atoms with van der Waals surface area (Å²) < 4.78 is 0. The van der Waals surface area contributed by atoms with Crippen LogP contribution in [-0.4, -0.2) is 35.5 Å². The number of benzene rings is 1. The summed E-state index contributed by atoms with van der Waals surface area (Å²) in [5.41, 5.74) is 2.42. The maximum atomic E-state index is 12.0. The number of hydrogen-bond acceptors (Lipinski definition) is 4. The minimum absolute atomic E-state index is 0.0693. The Bertz CT molecular complexity index is 678. The van der Waals surface area contributed by atoms with Gasteiger partial charge in [-0.25, -0.2) is 0 Å². The van der Waals surface area contributed by atoms with Crippen molar-refractivity contribution in [1.29, 1.82) is 0 Å². The fraction of sp³-hybridized carbons (Fsp3) is 0.278. The van der Waals surface area contributed by atoms with Gasteiger partial charge in [0.15, 0.2) is 0 Å². The Morgan fingerprint density at radius 3 is 2.74 bits per heavy atom. The number of hydrogen-bond donors (Lipinski definition) is 2. The quantitative estimate of drug-likeness (QED) is 0.887. The summed E-state index contributed by atoms with van der Waals surface area (Å²) in [6.45, 7) is 2.70. The summed E-state index contributed by atoms with van der Waals surface area (Å²) >= 11 is 1.65. The monoisotopic (exact) mass is 328 g/mol. The van der Waals surface area contributed by atoms with Gasteiger partial charge >= 0.3 is 0 Å². The Labute approximate surface area is 140 Å². The standard InChI is InChI=1S/C18H20N2O2S/c21-16-5-3-14(4-6-16)15-7-9-20(10-8-15)13-18(22)19-12-17-2-1-11-23-17/h1-7,11,21H,8-10,12-13H2,(H,19,22). The minimum Gasteiger partial charge on any atom is -0.508 e. The van der Waals surface area contributed by atoms with E-state index in [9.17, 15) is 9.90 Å². The van der Waals surface area contributed by atoms with Gasteiger partial charge in [0.25, 0.3) is 0 Å². The summed E-state index contributed by atoms with van der Waals surface area (Å²) in [5.74, 6) is 0.356. The molecule has 0 spiro atoms. The summed E-state index contributed by atoms with van der Waals surface area (Å²) in [6.07, 6.45) is 3.09. The van der Waals surface area contributed by atoms with Crippen LogP contribution in [0.4, 0.5) is 0 Å². The van der Waals surface area contributed by atoms with Crippen LogP contribution in [0, 0.1) is 0 Å². The first-order valence-corrected chi connectivity index (χ1v) is 8.58. The van der Waals surface area contributed by atoms with Crippen molar-refractivity contribution in [3.63, 3.8) is 0 Å². The van der Waals surface area contributed by atoms with Crippen LogP contribution < -0.4 is 5.32 Å². The third-order valence-corrected chi connectivity index (χ3v) is 4.81. The van der Waals surface area contributed by atoms with E-state index in [-0.39, 0.29) is 11.7 Å². The second kappa shape index (κ2) is 7.44. The van der Waals surface area contributed by atoms with E-state index < -0.39 is 0 Å². The van der Waals surface area contributed by atoms with E-state index in [1.165, 1.54) is 10.5 Å². The minimum atomic E-state index is 0.0693. The van der Waals surface area contributed by atoms with Gasteiger partial charge in [0.05, 0.1) is 13.1 Å². The average Bonchev–Trinajstić information content (AvgIpc) is 3.08. The van der Waals surface area contributed by atoms with Crippen molar-refractivity contribution in [2.45, 2.75) is 13.0 Å². The van der Waals surface area contributed by atoms with Gasteiger partial charge in [-0.3, -0.25) is 9.69 Å². The van der Waals surface area contributed by atoms with Crippen molar-refractivity contribution in [3.8, 4) is 5.75 Å².